The fourth-order valence-corrected chi connectivity index (χ4v) is 3.44. The molecule has 6 nitrogen and oxygen atoms in total. The summed E-state index contributed by atoms with van der Waals surface area (Å²) in [5.41, 5.74) is 1.59. The van der Waals surface area contributed by atoms with E-state index in [-0.39, 0.29) is 18.0 Å². The van der Waals surface area contributed by atoms with Gasteiger partial charge in [0.1, 0.15) is 5.69 Å². The molecule has 3 heterocycles. The minimum atomic E-state index is -0.267. The third kappa shape index (κ3) is 3.09. The number of piperidine rings is 1. The van der Waals surface area contributed by atoms with E-state index in [1.165, 1.54) is 0 Å². The Balaban J connectivity index is 1.53. The molecule has 0 aromatic carbocycles. The summed E-state index contributed by atoms with van der Waals surface area (Å²) in [5, 5.41) is 5.03. The molecule has 22 heavy (non-hydrogen) atoms. The van der Waals surface area contributed by atoms with Gasteiger partial charge in [0.05, 0.1) is 16.8 Å². The number of thiophene rings is 1. The van der Waals surface area contributed by atoms with Gasteiger partial charge in [0, 0.05) is 19.1 Å². The first-order chi connectivity index (χ1) is 10.7. The molecule has 1 aliphatic rings. The van der Waals surface area contributed by atoms with Crippen LogP contribution in [0.5, 0.6) is 0 Å². The Bertz CT molecular complexity index is 642. The third-order valence-corrected chi connectivity index (χ3v) is 4.70. The van der Waals surface area contributed by atoms with Gasteiger partial charge in [0.2, 0.25) is 0 Å². The molecule has 0 atom stereocenters. The predicted molar refractivity (Wildman–Crippen MR) is 85.3 cm³/mol. The molecule has 2 amide bonds. The number of hydrogen-bond acceptors (Lipinski definition) is 4. The van der Waals surface area contributed by atoms with Crippen LogP contribution in [0.1, 0.15) is 30.3 Å². The highest BCUT2D eigenvalue weighted by Crippen LogP contribution is 2.21. The van der Waals surface area contributed by atoms with Gasteiger partial charge in [0.25, 0.3) is 5.91 Å². The van der Waals surface area contributed by atoms with Crippen molar-refractivity contribution in [1.82, 2.24) is 15.2 Å². The molecule has 2 aromatic heterocycles. The molecule has 0 unspecified atom stereocenters. The number of rotatable bonds is 3. The summed E-state index contributed by atoms with van der Waals surface area (Å²) in [5.74, 6) is -0.0852. The fourth-order valence-electron chi connectivity index (χ4n) is 2.65. The quantitative estimate of drug-likeness (QED) is 0.912. The summed E-state index contributed by atoms with van der Waals surface area (Å²) < 4.78 is 6.07. The maximum absolute atomic E-state index is 12.3. The number of H-pyrrole nitrogens is 1. The zero-order chi connectivity index (χ0) is 15.5. The minimum absolute atomic E-state index is 0.0852. The Labute approximate surface area is 132 Å². The molecule has 0 saturated carbocycles. The molecule has 1 aliphatic heterocycles. The van der Waals surface area contributed by atoms with Crippen LogP contribution in [-0.4, -0.2) is 47.6 Å². The zero-order valence-corrected chi connectivity index (χ0v) is 13.2. The molecule has 1 saturated heterocycles. The number of aromatic nitrogens is 1. The fraction of sp³-hybridized carbons (Fsp3) is 0.467. The van der Waals surface area contributed by atoms with Gasteiger partial charge in [-0.3, -0.25) is 4.79 Å². The number of nitrogens with one attached hydrogen (secondary N) is 2. The van der Waals surface area contributed by atoms with Crippen molar-refractivity contribution in [1.29, 1.82) is 0 Å². The van der Waals surface area contributed by atoms with E-state index in [9.17, 15) is 9.59 Å². The van der Waals surface area contributed by atoms with Crippen LogP contribution >= 0.6 is 11.3 Å². The molecule has 0 aliphatic carbocycles. The van der Waals surface area contributed by atoms with Crippen LogP contribution in [0, 0.1) is 0 Å². The van der Waals surface area contributed by atoms with E-state index in [0.717, 1.165) is 23.1 Å². The van der Waals surface area contributed by atoms with Crippen molar-refractivity contribution in [3.63, 3.8) is 0 Å². The Morgan fingerprint density at radius 2 is 2.23 bits per heavy atom. The maximum atomic E-state index is 12.3. The molecule has 7 heteroatoms. The van der Waals surface area contributed by atoms with Gasteiger partial charge in [-0.15, -0.1) is 11.3 Å². The van der Waals surface area contributed by atoms with Crippen molar-refractivity contribution >= 4 is 33.6 Å². The lowest BCUT2D eigenvalue weighted by atomic mass is 10.1. The average Bonchev–Trinajstić information content (AvgIpc) is 3.09. The molecule has 1 fully saturated rings. The number of carbonyl (C=O) groups is 2. The van der Waals surface area contributed by atoms with E-state index in [1.54, 1.807) is 23.2 Å². The van der Waals surface area contributed by atoms with Gasteiger partial charge in [-0.1, -0.05) is 0 Å². The van der Waals surface area contributed by atoms with Gasteiger partial charge in [0.15, 0.2) is 0 Å². The lowest BCUT2D eigenvalue weighted by molar-refractivity contribution is 0.0857. The number of fused-ring (bicyclic) bond motifs is 1. The van der Waals surface area contributed by atoms with Gasteiger partial charge >= 0.3 is 6.09 Å². The van der Waals surface area contributed by atoms with Crippen molar-refractivity contribution in [2.45, 2.75) is 25.8 Å². The van der Waals surface area contributed by atoms with Crippen molar-refractivity contribution in [3.05, 3.63) is 23.2 Å². The number of aromatic amines is 1. The second-order valence-corrected chi connectivity index (χ2v) is 6.26. The van der Waals surface area contributed by atoms with Gasteiger partial charge in [-0.2, -0.15) is 0 Å². The number of ether oxygens (including phenoxy) is 1. The first-order valence-electron chi connectivity index (χ1n) is 7.46. The van der Waals surface area contributed by atoms with Crippen LogP contribution in [0.4, 0.5) is 4.79 Å². The average molecular weight is 321 g/mol. The molecule has 0 bridgehead atoms. The van der Waals surface area contributed by atoms with Crippen LogP contribution in [0.25, 0.3) is 10.2 Å². The summed E-state index contributed by atoms with van der Waals surface area (Å²) >= 11 is 1.61. The molecule has 2 N–H and O–H groups in total. The molecular formula is C15H19N3O3S. The smallest absolute Gasteiger partial charge is 0.409 e. The van der Waals surface area contributed by atoms with Crippen LogP contribution in [0.2, 0.25) is 0 Å². The molecule has 0 radical (unpaired) electrons. The molecule has 3 rings (SSSR count). The van der Waals surface area contributed by atoms with E-state index >= 15 is 0 Å². The van der Waals surface area contributed by atoms with Crippen LogP contribution in [-0.2, 0) is 4.74 Å². The monoisotopic (exact) mass is 321 g/mol. The molecule has 0 spiro atoms. The number of carbonyl (C=O) groups excluding carboxylic acids is 2. The summed E-state index contributed by atoms with van der Waals surface area (Å²) in [6.45, 7) is 3.42. The first kappa shape index (κ1) is 14.9. The summed E-state index contributed by atoms with van der Waals surface area (Å²) in [7, 11) is 0. The second-order valence-electron chi connectivity index (χ2n) is 5.32. The molecule has 118 valence electrons. The van der Waals surface area contributed by atoms with Gasteiger partial charge < -0.3 is 19.9 Å². The highest BCUT2D eigenvalue weighted by Gasteiger charge is 2.25. The standard InChI is InChI=1S/C15H19N3O3S/c1-2-21-15(20)18-6-3-10(4-7-18)16-14(19)12-9-13-11(17-12)5-8-22-13/h5,8-10,17H,2-4,6-7H2,1H3,(H,16,19). The van der Waals surface area contributed by atoms with Crippen molar-refractivity contribution in [2.75, 3.05) is 19.7 Å². The van der Waals surface area contributed by atoms with E-state index < -0.39 is 0 Å². The largest absolute Gasteiger partial charge is 0.450 e. The summed E-state index contributed by atoms with van der Waals surface area (Å²) in [4.78, 5) is 28.7. The highest BCUT2D eigenvalue weighted by molar-refractivity contribution is 7.17. The van der Waals surface area contributed by atoms with E-state index in [0.29, 0.717) is 25.4 Å². The molecular weight excluding hydrogens is 302 g/mol. The zero-order valence-electron chi connectivity index (χ0n) is 12.4. The summed E-state index contributed by atoms with van der Waals surface area (Å²) in [6, 6.07) is 3.94. The van der Waals surface area contributed by atoms with Crippen LogP contribution in [0.3, 0.4) is 0 Å². The molecule has 2 aromatic rings. The minimum Gasteiger partial charge on any atom is -0.450 e. The predicted octanol–water partition coefficient (Wildman–Crippen LogP) is 2.58. The normalized spacial score (nSPS) is 16.0. The van der Waals surface area contributed by atoms with Crippen molar-refractivity contribution in [2.24, 2.45) is 0 Å². The van der Waals surface area contributed by atoms with Gasteiger partial charge in [-0.05, 0) is 37.3 Å². The topological polar surface area (TPSA) is 74.4 Å². The van der Waals surface area contributed by atoms with Gasteiger partial charge in [-0.25, -0.2) is 4.79 Å². The SMILES string of the molecule is CCOC(=O)N1CCC(NC(=O)c2cc3sccc3[nH]2)CC1. The van der Waals surface area contributed by atoms with Crippen LogP contribution < -0.4 is 5.32 Å². The highest BCUT2D eigenvalue weighted by atomic mass is 32.1. The number of hydrogen-bond donors (Lipinski definition) is 2. The number of nitrogens with zero attached hydrogens (tertiary/aromatic N) is 1. The number of amides is 2. The Morgan fingerprint density at radius 3 is 2.91 bits per heavy atom. The van der Waals surface area contributed by atoms with E-state index in [1.807, 2.05) is 17.5 Å². The van der Waals surface area contributed by atoms with Crippen molar-refractivity contribution < 1.29 is 14.3 Å². The number of likely N-dealkylation sites (tertiary alicyclic amines) is 1. The van der Waals surface area contributed by atoms with Crippen molar-refractivity contribution in [3.8, 4) is 0 Å². The lowest BCUT2D eigenvalue weighted by Crippen LogP contribution is -2.46. The maximum Gasteiger partial charge on any atom is 0.409 e. The van der Waals surface area contributed by atoms with E-state index in [4.69, 9.17) is 4.74 Å². The van der Waals surface area contributed by atoms with Crippen LogP contribution in [0.15, 0.2) is 17.5 Å². The third-order valence-electron chi connectivity index (χ3n) is 3.84. The Kier molecular flexibility index (Phi) is 4.33. The second kappa shape index (κ2) is 6.39. The van der Waals surface area contributed by atoms with E-state index in [2.05, 4.69) is 10.3 Å². The Morgan fingerprint density at radius 1 is 1.45 bits per heavy atom. The lowest BCUT2D eigenvalue weighted by Gasteiger charge is -2.31. The summed E-state index contributed by atoms with van der Waals surface area (Å²) in [6.07, 6.45) is 1.23. The Hall–Kier alpha value is -2.02. The first-order valence-corrected chi connectivity index (χ1v) is 8.34.